The number of carboxylic acid groups (broad SMARTS) is 1. The normalized spacial score (nSPS) is 11.7. The fourth-order valence-corrected chi connectivity index (χ4v) is 1.62. The summed E-state index contributed by atoms with van der Waals surface area (Å²) in [6, 6.07) is 4.67. The van der Waals surface area contributed by atoms with Gasteiger partial charge in [-0.05, 0) is 24.6 Å². The van der Waals surface area contributed by atoms with Crippen molar-refractivity contribution in [3.05, 3.63) is 28.8 Å². The number of carbonyl (C=O) groups is 2. The quantitative estimate of drug-likeness (QED) is 0.661. The molecule has 1 rings (SSSR count). The number of nitrogens with one attached hydrogen (secondary N) is 2. The highest BCUT2D eigenvalue weighted by atomic mass is 35.5. The topological polar surface area (TPSA) is 98.7 Å². The van der Waals surface area contributed by atoms with E-state index in [2.05, 4.69) is 10.6 Å². The van der Waals surface area contributed by atoms with Gasteiger partial charge in [-0.3, -0.25) is 0 Å². The molecule has 0 radical (unpaired) electrons. The molecule has 6 nitrogen and oxygen atoms in total. The molecule has 0 aromatic heterocycles. The number of anilines is 1. The molecule has 0 saturated heterocycles. The Bertz CT molecular complexity index is 479. The Kier molecular flexibility index (Phi) is 5.59. The van der Waals surface area contributed by atoms with E-state index >= 15 is 0 Å². The van der Waals surface area contributed by atoms with Crippen LogP contribution < -0.4 is 10.6 Å². The van der Waals surface area contributed by atoms with Gasteiger partial charge in [0.15, 0.2) is 6.10 Å². The summed E-state index contributed by atoms with van der Waals surface area (Å²) >= 11 is 5.94. The van der Waals surface area contributed by atoms with Gasteiger partial charge in [-0.1, -0.05) is 17.7 Å². The maximum absolute atomic E-state index is 11.5. The monoisotopic (exact) mass is 286 g/mol. The van der Waals surface area contributed by atoms with Crippen LogP contribution in [0.4, 0.5) is 10.5 Å². The standard InChI is InChI=1S/C12H15ClN2O4/c1-7-2-3-9(8(13)6-7)15-12(19)14-5-4-10(16)11(17)18/h2-3,6,10,16H,4-5H2,1H3,(H,17,18)(H2,14,15,19)/t10-/m0/s1. The highest BCUT2D eigenvalue weighted by molar-refractivity contribution is 6.33. The minimum atomic E-state index is -1.48. The summed E-state index contributed by atoms with van der Waals surface area (Å²) in [5.74, 6) is -1.32. The summed E-state index contributed by atoms with van der Waals surface area (Å²) in [6.07, 6.45) is -1.55. The average Bonchev–Trinajstić information content (AvgIpc) is 2.32. The number of halogens is 1. The first-order chi connectivity index (χ1) is 8.90. The lowest BCUT2D eigenvalue weighted by atomic mass is 10.2. The Morgan fingerprint density at radius 3 is 2.68 bits per heavy atom. The number of carboxylic acids is 1. The average molecular weight is 287 g/mol. The van der Waals surface area contributed by atoms with Crippen molar-refractivity contribution in [2.75, 3.05) is 11.9 Å². The number of aliphatic hydroxyl groups excluding tert-OH is 1. The van der Waals surface area contributed by atoms with Crippen LogP contribution in [0.3, 0.4) is 0 Å². The Morgan fingerprint density at radius 2 is 2.11 bits per heavy atom. The number of hydrogen-bond acceptors (Lipinski definition) is 3. The van der Waals surface area contributed by atoms with Gasteiger partial charge < -0.3 is 20.8 Å². The van der Waals surface area contributed by atoms with Gasteiger partial charge in [0.1, 0.15) is 0 Å². The predicted molar refractivity (Wildman–Crippen MR) is 71.5 cm³/mol. The summed E-state index contributed by atoms with van der Waals surface area (Å²) in [4.78, 5) is 21.8. The zero-order valence-corrected chi connectivity index (χ0v) is 11.1. The third kappa shape index (κ3) is 5.15. The zero-order chi connectivity index (χ0) is 14.4. The van der Waals surface area contributed by atoms with Crippen molar-refractivity contribution in [3.8, 4) is 0 Å². The number of urea groups is 1. The minimum absolute atomic E-state index is 0.0444. The van der Waals surface area contributed by atoms with Crippen molar-refractivity contribution in [2.24, 2.45) is 0 Å². The third-order valence-electron chi connectivity index (χ3n) is 2.36. The molecular weight excluding hydrogens is 272 g/mol. The van der Waals surface area contributed by atoms with Crippen LogP contribution in [0.15, 0.2) is 18.2 Å². The van der Waals surface area contributed by atoms with E-state index in [9.17, 15) is 9.59 Å². The summed E-state index contributed by atoms with van der Waals surface area (Å²) < 4.78 is 0. The molecule has 19 heavy (non-hydrogen) atoms. The third-order valence-corrected chi connectivity index (χ3v) is 2.67. The minimum Gasteiger partial charge on any atom is -0.479 e. The van der Waals surface area contributed by atoms with E-state index in [1.165, 1.54) is 0 Å². The largest absolute Gasteiger partial charge is 0.479 e. The number of rotatable bonds is 5. The molecule has 1 aromatic rings. The Morgan fingerprint density at radius 1 is 1.42 bits per heavy atom. The number of aliphatic carboxylic acids is 1. The van der Waals surface area contributed by atoms with Crippen LogP contribution in [-0.4, -0.2) is 34.9 Å². The first-order valence-electron chi connectivity index (χ1n) is 5.62. The van der Waals surface area contributed by atoms with Crippen LogP contribution in [-0.2, 0) is 4.79 Å². The number of hydrogen-bond donors (Lipinski definition) is 4. The molecule has 0 spiro atoms. The van der Waals surface area contributed by atoms with Gasteiger partial charge in [-0.25, -0.2) is 9.59 Å². The maximum atomic E-state index is 11.5. The Hall–Kier alpha value is -1.79. The molecule has 0 aliphatic rings. The molecule has 104 valence electrons. The van der Waals surface area contributed by atoms with Gasteiger partial charge in [0.25, 0.3) is 0 Å². The van der Waals surface area contributed by atoms with Gasteiger partial charge in [0, 0.05) is 13.0 Å². The highest BCUT2D eigenvalue weighted by Crippen LogP contribution is 2.22. The summed E-state index contributed by atoms with van der Waals surface area (Å²) in [6.45, 7) is 1.92. The van der Waals surface area contributed by atoms with E-state index in [1.54, 1.807) is 18.2 Å². The Labute approximate surface area is 115 Å². The number of benzene rings is 1. The van der Waals surface area contributed by atoms with Crippen molar-refractivity contribution < 1.29 is 19.8 Å². The van der Waals surface area contributed by atoms with Gasteiger partial charge in [0.2, 0.25) is 0 Å². The fourth-order valence-electron chi connectivity index (χ4n) is 1.33. The van der Waals surface area contributed by atoms with E-state index < -0.39 is 18.1 Å². The molecule has 0 bridgehead atoms. The summed E-state index contributed by atoms with van der Waals surface area (Å²) in [5.41, 5.74) is 1.43. The van der Waals surface area contributed by atoms with Crippen molar-refractivity contribution in [3.63, 3.8) is 0 Å². The molecule has 0 heterocycles. The fraction of sp³-hybridized carbons (Fsp3) is 0.333. The molecule has 0 fully saturated rings. The van der Waals surface area contributed by atoms with Crippen molar-refractivity contribution >= 4 is 29.3 Å². The molecule has 0 saturated carbocycles. The molecule has 2 amide bonds. The van der Waals surface area contributed by atoms with Crippen LogP contribution >= 0.6 is 11.6 Å². The van der Waals surface area contributed by atoms with Gasteiger partial charge in [0.05, 0.1) is 10.7 Å². The van der Waals surface area contributed by atoms with Crippen LogP contribution in [0.5, 0.6) is 0 Å². The van der Waals surface area contributed by atoms with E-state index in [4.69, 9.17) is 21.8 Å². The lowest BCUT2D eigenvalue weighted by molar-refractivity contribution is -0.146. The first-order valence-corrected chi connectivity index (χ1v) is 6.00. The number of aliphatic hydroxyl groups is 1. The molecule has 1 atom stereocenters. The van der Waals surface area contributed by atoms with E-state index in [0.29, 0.717) is 10.7 Å². The van der Waals surface area contributed by atoms with Crippen molar-refractivity contribution in [1.82, 2.24) is 5.32 Å². The van der Waals surface area contributed by atoms with Gasteiger partial charge in [-0.2, -0.15) is 0 Å². The van der Waals surface area contributed by atoms with Crippen molar-refractivity contribution in [1.29, 1.82) is 0 Å². The highest BCUT2D eigenvalue weighted by Gasteiger charge is 2.13. The number of amides is 2. The second-order valence-corrected chi connectivity index (χ2v) is 4.41. The van der Waals surface area contributed by atoms with E-state index in [1.807, 2.05) is 6.92 Å². The summed E-state index contributed by atoms with van der Waals surface area (Å²) in [5, 5.41) is 22.8. The molecular formula is C12H15ClN2O4. The van der Waals surface area contributed by atoms with Crippen LogP contribution in [0.1, 0.15) is 12.0 Å². The van der Waals surface area contributed by atoms with Crippen molar-refractivity contribution in [2.45, 2.75) is 19.4 Å². The van der Waals surface area contributed by atoms with E-state index in [0.717, 1.165) is 5.56 Å². The lowest BCUT2D eigenvalue weighted by Crippen LogP contribution is -2.33. The second-order valence-electron chi connectivity index (χ2n) is 4.01. The van der Waals surface area contributed by atoms with Crippen LogP contribution in [0, 0.1) is 6.92 Å². The Balaban J connectivity index is 2.41. The first kappa shape index (κ1) is 15.3. The molecule has 4 N–H and O–H groups in total. The predicted octanol–water partition coefficient (Wildman–Crippen LogP) is 1.61. The molecule has 0 unspecified atom stereocenters. The molecule has 7 heteroatoms. The van der Waals surface area contributed by atoms with Crippen LogP contribution in [0.2, 0.25) is 5.02 Å². The second kappa shape index (κ2) is 6.96. The smallest absolute Gasteiger partial charge is 0.332 e. The SMILES string of the molecule is Cc1ccc(NC(=O)NCC[C@H](O)C(=O)O)c(Cl)c1. The maximum Gasteiger partial charge on any atom is 0.332 e. The van der Waals surface area contributed by atoms with Gasteiger partial charge in [-0.15, -0.1) is 0 Å². The van der Waals surface area contributed by atoms with Crippen LogP contribution in [0.25, 0.3) is 0 Å². The van der Waals surface area contributed by atoms with E-state index in [-0.39, 0.29) is 13.0 Å². The van der Waals surface area contributed by atoms with Gasteiger partial charge >= 0.3 is 12.0 Å². The zero-order valence-electron chi connectivity index (χ0n) is 10.3. The number of carbonyl (C=O) groups excluding carboxylic acids is 1. The number of aryl methyl sites for hydroxylation is 1. The molecule has 0 aliphatic carbocycles. The molecule has 0 aliphatic heterocycles. The lowest BCUT2D eigenvalue weighted by Gasteiger charge is -2.10. The summed E-state index contributed by atoms with van der Waals surface area (Å²) in [7, 11) is 0. The molecule has 1 aromatic carbocycles.